The summed E-state index contributed by atoms with van der Waals surface area (Å²) in [4.78, 5) is 32.8. The van der Waals surface area contributed by atoms with Crippen LogP contribution in [0, 0.1) is 5.82 Å². The van der Waals surface area contributed by atoms with Crippen LogP contribution in [0.3, 0.4) is 0 Å². The molecule has 0 radical (unpaired) electrons. The lowest BCUT2D eigenvalue weighted by atomic mass is 9.93. The number of hydrogen-bond donors (Lipinski definition) is 0. The van der Waals surface area contributed by atoms with Gasteiger partial charge in [0.2, 0.25) is 0 Å². The van der Waals surface area contributed by atoms with E-state index in [1.165, 1.54) is 28.0 Å². The second-order valence-electron chi connectivity index (χ2n) is 9.97. The molecule has 44 heavy (non-hydrogen) atoms. The fourth-order valence-corrected chi connectivity index (χ4v) is 6.25. The fourth-order valence-electron chi connectivity index (χ4n) is 5.04. The number of benzene rings is 4. The third-order valence-electron chi connectivity index (χ3n) is 7.01. The van der Waals surface area contributed by atoms with Gasteiger partial charge in [-0.1, -0.05) is 89.7 Å². The van der Waals surface area contributed by atoms with Crippen LogP contribution >= 0.6 is 22.9 Å². The molecule has 9 heteroatoms. The topological polar surface area (TPSA) is 69.9 Å². The maximum atomic E-state index is 14.1. The van der Waals surface area contributed by atoms with E-state index >= 15 is 0 Å². The standard InChI is InChI=1S/C35H26ClFN2O4S/c1-2-42-34(41)30-31(24-10-4-3-5-11-24)38-35-39(32(30)25-14-16-27(37)17-15-25)33(40)29(44-35)20-22-8-7-13-28(19-22)43-21-23-9-6-12-26(36)18-23/h3-20,32H,2,21H2,1H3/b29-20-/t32-/m0/s1. The van der Waals surface area contributed by atoms with Crippen molar-refractivity contribution in [3.05, 3.63) is 161 Å². The summed E-state index contributed by atoms with van der Waals surface area (Å²) < 4.78 is 27.3. The highest BCUT2D eigenvalue weighted by molar-refractivity contribution is 7.07. The molecule has 6 rings (SSSR count). The number of rotatable bonds is 8. The van der Waals surface area contributed by atoms with Crippen molar-refractivity contribution in [1.82, 2.24) is 4.57 Å². The minimum Gasteiger partial charge on any atom is -0.489 e. The Balaban J connectivity index is 1.47. The maximum absolute atomic E-state index is 14.1. The Kier molecular flexibility index (Phi) is 8.54. The Bertz CT molecular complexity index is 2050. The molecule has 0 N–H and O–H groups in total. The lowest BCUT2D eigenvalue weighted by Gasteiger charge is -2.25. The molecule has 1 aromatic heterocycles. The maximum Gasteiger partial charge on any atom is 0.338 e. The van der Waals surface area contributed by atoms with Gasteiger partial charge >= 0.3 is 5.97 Å². The molecule has 0 saturated heterocycles. The second kappa shape index (κ2) is 12.8. The van der Waals surface area contributed by atoms with E-state index in [0.29, 0.717) is 43.5 Å². The summed E-state index contributed by atoms with van der Waals surface area (Å²) in [6.45, 7) is 2.19. The van der Waals surface area contributed by atoms with Crippen molar-refractivity contribution in [2.24, 2.45) is 4.99 Å². The zero-order valence-corrected chi connectivity index (χ0v) is 25.1. The first-order chi connectivity index (χ1) is 21.4. The van der Waals surface area contributed by atoms with E-state index in [1.54, 1.807) is 31.2 Å². The van der Waals surface area contributed by atoms with E-state index in [2.05, 4.69) is 0 Å². The van der Waals surface area contributed by atoms with E-state index in [4.69, 9.17) is 26.1 Å². The van der Waals surface area contributed by atoms with Gasteiger partial charge in [-0.25, -0.2) is 14.2 Å². The fraction of sp³-hybridized carbons (Fsp3) is 0.114. The van der Waals surface area contributed by atoms with Gasteiger partial charge in [-0.2, -0.15) is 0 Å². The summed E-state index contributed by atoms with van der Waals surface area (Å²) >= 11 is 7.31. The van der Waals surface area contributed by atoms with E-state index < -0.39 is 17.8 Å². The van der Waals surface area contributed by atoms with Gasteiger partial charge in [0.25, 0.3) is 5.56 Å². The predicted molar refractivity (Wildman–Crippen MR) is 170 cm³/mol. The number of ether oxygens (including phenoxy) is 2. The van der Waals surface area contributed by atoms with E-state index in [0.717, 1.165) is 11.1 Å². The molecular formula is C35H26ClFN2O4S. The number of esters is 1. The zero-order valence-electron chi connectivity index (χ0n) is 23.6. The molecule has 6 nitrogen and oxygen atoms in total. The summed E-state index contributed by atoms with van der Waals surface area (Å²) in [5, 5.41) is 0.635. The Morgan fingerprint density at radius 1 is 1.00 bits per heavy atom. The molecule has 220 valence electrons. The molecule has 0 unspecified atom stereocenters. The Hall–Kier alpha value is -4.79. The summed E-state index contributed by atoms with van der Waals surface area (Å²) in [7, 11) is 0. The summed E-state index contributed by atoms with van der Waals surface area (Å²) in [6.07, 6.45) is 1.77. The highest BCUT2D eigenvalue weighted by Gasteiger charge is 2.35. The van der Waals surface area contributed by atoms with Gasteiger partial charge in [-0.3, -0.25) is 9.36 Å². The molecule has 1 aliphatic heterocycles. The van der Waals surface area contributed by atoms with Crippen LogP contribution in [0.5, 0.6) is 5.75 Å². The minimum absolute atomic E-state index is 0.140. The first-order valence-electron chi connectivity index (χ1n) is 13.9. The van der Waals surface area contributed by atoms with Gasteiger partial charge in [0.15, 0.2) is 4.80 Å². The van der Waals surface area contributed by atoms with Crippen molar-refractivity contribution in [2.75, 3.05) is 6.61 Å². The number of hydrogen-bond acceptors (Lipinski definition) is 6. The molecule has 1 atom stereocenters. The molecule has 0 amide bonds. The molecule has 0 aliphatic carbocycles. The number of carbonyl (C=O) groups is 1. The first-order valence-corrected chi connectivity index (χ1v) is 15.1. The number of carbonyl (C=O) groups excluding carboxylic acids is 1. The van der Waals surface area contributed by atoms with Crippen molar-refractivity contribution in [3.8, 4) is 5.75 Å². The number of fused-ring (bicyclic) bond motifs is 1. The Labute approximate surface area is 261 Å². The van der Waals surface area contributed by atoms with Crippen LogP contribution in [0.15, 0.2) is 118 Å². The minimum atomic E-state index is -0.879. The highest BCUT2D eigenvalue weighted by atomic mass is 35.5. The molecular weight excluding hydrogens is 599 g/mol. The monoisotopic (exact) mass is 624 g/mol. The lowest BCUT2D eigenvalue weighted by Crippen LogP contribution is -2.40. The van der Waals surface area contributed by atoms with Crippen LogP contribution in [0.2, 0.25) is 5.02 Å². The lowest BCUT2D eigenvalue weighted by molar-refractivity contribution is -0.138. The van der Waals surface area contributed by atoms with Gasteiger partial charge in [-0.15, -0.1) is 0 Å². The van der Waals surface area contributed by atoms with Crippen molar-refractivity contribution in [2.45, 2.75) is 19.6 Å². The van der Waals surface area contributed by atoms with Gasteiger partial charge in [-0.05, 0) is 66.1 Å². The molecule has 5 aromatic rings. The van der Waals surface area contributed by atoms with Crippen molar-refractivity contribution in [1.29, 1.82) is 0 Å². The summed E-state index contributed by atoms with van der Waals surface area (Å²) in [5.41, 5.74) is 3.23. The average molecular weight is 625 g/mol. The smallest absolute Gasteiger partial charge is 0.338 e. The van der Waals surface area contributed by atoms with E-state index in [-0.39, 0.29) is 17.7 Å². The van der Waals surface area contributed by atoms with Gasteiger partial charge in [0.05, 0.1) is 28.5 Å². The third-order valence-corrected chi connectivity index (χ3v) is 8.23. The van der Waals surface area contributed by atoms with Crippen molar-refractivity contribution >= 4 is 40.7 Å². The van der Waals surface area contributed by atoms with Gasteiger partial charge in [0, 0.05) is 10.6 Å². The van der Waals surface area contributed by atoms with Crippen LogP contribution < -0.4 is 19.6 Å². The van der Waals surface area contributed by atoms with Gasteiger partial charge < -0.3 is 9.47 Å². The van der Waals surface area contributed by atoms with Crippen LogP contribution in [-0.4, -0.2) is 17.1 Å². The predicted octanol–water partition coefficient (Wildman–Crippen LogP) is 6.31. The summed E-state index contributed by atoms with van der Waals surface area (Å²) in [6, 6.07) is 29.0. The first kappa shape index (κ1) is 29.3. The van der Waals surface area contributed by atoms with Crippen molar-refractivity contribution < 1.29 is 18.7 Å². The second-order valence-corrected chi connectivity index (χ2v) is 11.4. The Morgan fingerprint density at radius 3 is 2.52 bits per heavy atom. The SMILES string of the molecule is CCOC(=O)C1=C(c2ccccc2)N=c2s/c(=C\c3cccc(OCc4cccc(Cl)c4)c3)c(=O)n2[C@H]1c1ccc(F)cc1. The number of aromatic nitrogens is 1. The van der Waals surface area contributed by atoms with E-state index in [9.17, 15) is 14.0 Å². The molecule has 1 aliphatic rings. The number of halogens is 2. The highest BCUT2D eigenvalue weighted by Crippen LogP contribution is 2.35. The normalized spacial score (nSPS) is 14.6. The molecule has 4 aromatic carbocycles. The average Bonchev–Trinajstić information content (AvgIpc) is 3.34. The quantitative estimate of drug-likeness (QED) is 0.190. The van der Waals surface area contributed by atoms with Crippen LogP contribution in [0.4, 0.5) is 4.39 Å². The summed E-state index contributed by atoms with van der Waals surface area (Å²) in [5.74, 6) is -0.390. The molecule has 0 saturated carbocycles. The van der Waals surface area contributed by atoms with E-state index in [1.807, 2.05) is 72.8 Å². The molecule has 0 bridgehead atoms. The van der Waals surface area contributed by atoms with Crippen molar-refractivity contribution in [3.63, 3.8) is 0 Å². The largest absolute Gasteiger partial charge is 0.489 e. The van der Waals surface area contributed by atoms with Gasteiger partial charge in [0.1, 0.15) is 18.2 Å². The zero-order chi connectivity index (χ0) is 30.6. The molecule has 0 spiro atoms. The van der Waals surface area contributed by atoms with Crippen LogP contribution in [0.1, 0.15) is 35.2 Å². The molecule has 2 heterocycles. The third kappa shape index (κ3) is 6.13. The molecule has 0 fully saturated rings. The number of thiazole rings is 1. The Morgan fingerprint density at radius 2 is 1.77 bits per heavy atom. The van der Waals surface area contributed by atoms with Crippen LogP contribution in [0.25, 0.3) is 11.8 Å². The number of nitrogens with zero attached hydrogens (tertiary/aromatic N) is 2. The van der Waals surface area contributed by atoms with Crippen LogP contribution in [-0.2, 0) is 16.1 Å².